The van der Waals surface area contributed by atoms with Gasteiger partial charge in [-0.2, -0.15) is 5.26 Å². The highest BCUT2D eigenvalue weighted by molar-refractivity contribution is 7.91. The van der Waals surface area contributed by atoms with E-state index in [4.69, 9.17) is 14.4 Å². The molecule has 0 aliphatic carbocycles. The summed E-state index contributed by atoms with van der Waals surface area (Å²) in [6.45, 7) is -0.0766. The Hall–Kier alpha value is -4.68. The molecule has 178 valence electrons. The van der Waals surface area contributed by atoms with Gasteiger partial charge in [0.25, 0.3) is 5.91 Å². The molecule has 3 aromatic carbocycles. The summed E-state index contributed by atoms with van der Waals surface area (Å²) in [4.78, 5) is 27.5. The smallest absolute Gasteiger partial charge is 0.338 e. The van der Waals surface area contributed by atoms with Crippen LogP contribution in [0.25, 0.3) is 0 Å². The van der Waals surface area contributed by atoms with Gasteiger partial charge in [-0.25, -0.2) is 13.2 Å². The van der Waals surface area contributed by atoms with Gasteiger partial charge in [0.15, 0.2) is 0 Å². The van der Waals surface area contributed by atoms with Gasteiger partial charge in [0.2, 0.25) is 9.84 Å². The van der Waals surface area contributed by atoms with Crippen LogP contribution in [-0.4, -0.2) is 20.3 Å². The van der Waals surface area contributed by atoms with Crippen LogP contribution < -0.4 is 4.90 Å². The van der Waals surface area contributed by atoms with Crippen LogP contribution in [-0.2, 0) is 27.7 Å². The maximum Gasteiger partial charge on any atom is 0.338 e. The van der Waals surface area contributed by atoms with Crippen molar-refractivity contribution in [2.45, 2.75) is 22.9 Å². The number of anilines is 1. The third kappa shape index (κ3) is 4.15. The number of hydrogen-bond donors (Lipinski definition) is 0. The van der Waals surface area contributed by atoms with E-state index in [1.165, 1.54) is 41.5 Å². The zero-order valence-electron chi connectivity index (χ0n) is 18.7. The van der Waals surface area contributed by atoms with Gasteiger partial charge >= 0.3 is 5.97 Å². The van der Waals surface area contributed by atoms with Crippen molar-refractivity contribution < 1.29 is 27.2 Å². The lowest BCUT2D eigenvalue weighted by Crippen LogP contribution is -2.30. The van der Waals surface area contributed by atoms with Crippen molar-refractivity contribution in [2.24, 2.45) is 0 Å². The van der Waals surface area contributed by atoms with Crippen molar-refractivity contribution in [1.29, 1.82) is 5.26 Å². The van der Waals surface area contributed by atoms with E-state index in [2.05, 4.69) is 0 Å². The van der Waals surface area contributed by atoms with E-state index >= 15 is 0 Å². The Bertz CT molecular complexity index is 1620. The van der Waals surface area contributed by atoms with Crippen LogP contribution in [0.2, 0.25) is 0 Å². The summed E-state index contributed by atoms with van der Waals surface area (Å²) in [5.41, 5.74) is 1.31. The number of sulfone groups is 1. The van der Waals surface area contributed by atoms with E-state index in [-0.39, 0.29) is 39.8 Å². The van der Waals surface area contributed by atoms with Crippen molar-refractivity contribution in [3.63, 3.8) is 0 Å². The Morgan fingerprint density at radius 3 is 2.47 bits per heavy atom. The minimum atomic E-state index is -4.07. The highest BCUT2D eigenvalue weighted by Crippen LogP contribution is 2.38. The lowest BCUT2D eigenvalue weighted by Gasteiger charge is -2.23. The first-order valence-corrected chi connectivity index (χ1v) is 12.4. The lowest BCUT2D eigenvalue weighted by molar-refractivity contribution is 0.0445. The van der Waals surface area contributed by atoms with Gasteiger partial charge in [-0.1, -0.05) is 24.3 Å². The zero-order valence-corrected chi connectivity index (χ0v) is 19.6. The molecule has 0 radical (unpaired) electrons. The average molecular weight is 499 g/mol. The second kappa shape index (κ2) is 9.17. The Balaban J connectivity index is 1.60. The van der Waals surface area contributed by atoms with Crippen LogP contribution in [0.3, 0.4) is 0 Å². The molecule has 0 saturated heterocycles. The van der Waals surface area contributed by atoms with Gasteiger partial charge in [-0.15, -0.1) is 0 Å². The molecular weight excluding hydrogens is 480 g/mol. The molecule has 1 aromatic heterocycles. The monoisotopic (exact) mass is 498 g/mol. The van der Waals surface area contributed by atoms with Crippen LogP contribution in [0.5, 0.6) is 0 Å². The summed E-state index contributed by atoms with van der Waals surface area (Å²) < 4.78 is 37.6. The molecule has 0 bridgehead atoms. The van der Waals surface area contributed by atoms with Crippen LogP contribution >= 0.6 is 0 Å². The van der Waals surface area contributed by atoms with Crippen molar-refractivity contribution in [3.05, 3.63) is 113 Å². The van der Waals surface area contributed by atoms with Gasteiger partial charge < -0.3 is 14.1 Å². The summed E-state index contributed by atoms with van der Waals surface area (Å²) in [6.07, 6.45) is 1.46. The highest BCUT2D eigenvalue weighted by Gasteiger charge is 2.36. The van der Waals surface area contributed by atoms with Crippen molar-refractivity contribution in [2.75, 3.05) is 4.90 Å². The quantitative estimate of drug-likeness (QED) is 0.372. The normalized spacial score (nSPS) is 13.8. The van der Waals surface area contributed by atoms with Crippen LogP contribution in [0, 0.1) is 11.3 Å². The first kappa shape index (κ1) is 23.1. The van der Waals surface area contributed by atoms with E-state index in [9.17, 15) is 18.0 Å². The summed E-state index contributed by atoms with van der Waals surface area (Å²) >= 11 is 0. The fourth-order valence-electron chi connectivity index (χ4n) is 3.97. The van der Waals surface area contributed by atoms with Gasteiger partial charge in [0.1, 0.15) is 12.4 Å². The molecule has 0 atom stereocenters. The topological polar surface area (TPSA) is 118 Å². The molecule has 1 aliphatic rings. The molecule has 0 N–H and O–H groups in total. The molecule has 0 spiro atoms. The van der Waals surface area contributed by atoms with E-state index in [1.54, 1.807) is 48.5 Å². The number of esters is 1. The maximum atomic E-state index is 13.7. The zero-order chi connectivity index (χ0) is 25.3. The number of rotatable bonds is 5. The molecule has 0 unspecified atom stereocenters. The number of carbonyl (C=O) groups is 2. The van der Waals surface area contributed by atoms with Crippen LogP contribution in [0.15, 0.2) is 99.3 Å². The van der Waals surface area contributed by atoms with Crippen LogP contribution in [0.4, 0.5) is 5.69 Å². The third-order valence-corrected chi connectivity index (χ3v) is 7.64. The fraction of sp³-hybridized carbons (Fsp3) is 0.0741. The van der Waals surface area contributed by atoms with E-state index in [0.717, 1.165) is 0 Å². The number of nitriles is 1. The van der Waals surface area contributed by atoms with Gasteiger partial charge in [0, 0.05) is 0 Å². The van der Waals surface area contributed by atoms with E-state index in [0.29, 0.717) is 16.9 Å². The number of benzene rings is 3. The third-order valence-electron chi connectivity index (χ3n) is 5.78. The fourth-order valence-corrected chi connectivity index (χ4v) is 5.60. The standard InChI is InChI=1S/C27H18N2O6S/c28-15-18-7-9-19(10-8-18)16-29-23-14-20(27(31)35-17-21-4-3-13-34-21)11-12-25(23)36(32,33)24-6-2-1-5-22(24)26(29)30/h1-14H,16-17H2. The number of nitrogens with zero attached hydrogens (tertiary/aromatic N) is 2. The maximum absolute atomic E-state index is 13.7. The van der Waals surface area contributed by atoms with Crippen molar-refractivity contribution in [3.8, 4) is 6.07 Å². The molecule has 5 rings (SSSR count). The SMILES string of the molecule is N#Cc1ccc(CN2C(=O)c3ccccc3S(=O)(=O)c3ccc(C(=O)OCc4ccco4)cc32)cc1. The molecule has 36 heavy (non-hydrogen) atoms. The Kier molecular flexibility index (Phi) is 5.88. The van der Waals surface area contributed by atoms with Gasteiger partial charge in [-0.3, -0.25) is 4.79 Å². The van der Waals surface area contributed by atoms with Crippen molar-refractivity contribution in [1.82, 2.24) is 0 Å². The number of hydrogen-bond acceptors (Lipinski definition) is 7. The number of amides is 1. The lowest BCUT2D eigenvalue weighted by atomic mass is 10.1. The number of furan rings is 1. The second-order valence-corrected chi connectivity index (χ2v) is 9.92. The van der Waals surface area contributed by atoms with Gasteiger partial charge in [-0.05, 0) is 60.2 Å². The Morgan fingerprint density at radius 2 is 1.75 bits per heavy atom. The van der Waals surface area contributed by atoms with E-state index in [1.807, 2.05) is 6.07 Å². The number of fused-ring (bicyclic) bond motifs is 2. The highest BCUT2D eigenvalue weighted by atomic mass is 32.2. The summed E-state index contributed by atoms with van der Waals surface area (Å²) in [6, 6.07) is 22.0. The Morgan fingerprint density at radius 1 is 0.972 bits per heavy atom. The predicted octanol–water partition coefficient (Wildman–Crippen LogP) is 4.50. The molecule has 0 saturated carbocycles. The minimum absolute atomic E-state index is 0.0201. The second-order valence-electron chi connectivity index (χ2n) is 8.04. The molecule has 2 heterocycles. The van der Waals surface area contributed by atoms with Crippen LogP contribution in [0.1, 0.15) is 37.6 Å². The molecule has 9 heteroatoms. The average Bonchev–Trinajstić information content (AvgIpc) is 3.42. The van der Waals surface area contributed by atoms with E-state index < -0.39 is 21.7 Å². The summed E-state index contributed by atoms with van der Waals surface area (Å²) in [7, 11) is -4.07. The minimum Gasteiger partial charge on any atom is -0.466 e. The Labute approximate surface area is 206 Å². The molecule has 1 amide bonds. The van der Waals surface area contributed by atoms with Gasteiger partial charge in [0.05, 0.1) is 51.0 Å². The first-order chi connectivity index (χ1) is 17.4. The largest absolute Gasteiger partial charge is 0.466 e. The first-order valence-electron chi connectivity index (χ1n) is 10.9. The molecule has 0 fully saturated rings. The molecule has 1 aliphatic heterocycles. The number of carbonyl (C=O) groups excluding carboxylic acids is 2. The number of ether oxygens (including phenoxy) is 1. The summed E-state index contributed by atoms with van der Waals surface area (Å²) in [5.74, 6) is -0.772. The van der Waals surface area contributed by atoms with Crippen molar-refractivity contribution >= 4 is 27.4 Å². The molecular formula is C27H18N2O6S. The summed E-state index contributed by atoms with van der Waals surface area (Å²) in [5, 5.41) is 9.08. The molecule has 8 nitrogen and oxygen atoms in total. The molecule has 4 aromatic rings. The predicted molar refractivity (Wildman–Crippen MR) is 128 cm³/mol.